The van der Waals surface area contributed by atoms with E-state index in [4.69, 9.17) is 9.52 Å². The second kappa shape index (κ2) is 7.26. The lowest BCUT2D eigenvalue weighted by Gasteiger charge is -2.07. The number of hydrogen-bond donors (Lipinski definition) is 3. The number of carbonyl (C=O) groups excluding carboxylic acids is 1. The number of carbonyl (C=O) groups is 2. The number of oxazole rings is 1. The highest BCUT2D eigenvalue weighted by Crippen LogP contribution is 2.21. The number of amides is 2. The average Bonchev–Trinajstić information content (AvgIpc) is 2.90. The maximum absolute atomic E-state index is 11.7. The van der Waals surface area contributed by atoms with Gasteiger partial charge >= 0.3 is 12.0 Å². The van der Waals surface area contributed by atoms with Gasteiger partial charge in [0, 0.05) is 24.2 Å². The van der Waals surface area contributed by atoms with E-state index in [-0.39, 0.29) is 12.5 Å². The van der Waals surface area contributed by atoms with Crippen LogP contribution in [0.1, 0.15) is 18.5 Å². The van der Waals surface area contributed by atoms with Crippen LogP contribution in [0.4, 0.5) is 10.5 Å². The van der Waals surface area contributed by atoms with Gasteiger partial charge in [-0.2, -0.15) is 0 Å². The molecule has 1 aromatic carbocycles. The van der Waals surface area contributed by atoms with Crippen molar-refractivity contribution in [1.29, 1.82) is 0 Å². The van der Waals surface area contributed by atoms with Crippen molar-refractivity contribution in [2.45, 2.75) is 19.8 Å². The van der Waals surface area contributed by atoms with Crippen LogP contribution in [-0.4, -0.2) is 28.6 Å². The van der Waals surface area contributed by atoms with Crippen molar-refractivity contribution in [3.05, 3.63) is 36.2 Å². The Hall–Kier alpha value is -2.83. The molecule has 3 N–H and O–H groups in total. The summed E-state index contributed by atoms with van der Waals surface area (Å²) in [6.07, 6.45) is 1.97. The summed E-state index contributed by atoms with van der Waals surface area (Å²) in [6.45, 7) is 2.14. The van der Waals surface area contributed by atoms with Gasteiger partial charge in [-0.05, 0) is 31.5 Å². The predicted octanol–water partition coefficient (Wildman–Crippen LogP) is 2.64. The van der Waals surface area contributed by atoms with Gasteiger partial charge in [-0.15, -0.1) is 0 Å². The summed E-state index contributed by atoms with van der Waals surface area (Å²) in [5, 5.41) is 13.8. The number of carboxylic acid groups (broad SMARTS) is 1. The SMILES string of the molecule is Cc1coc(-c2cccc(NC(=O)NCCCC(=O)O)c2)n1. The zero-order valence-corrected chi connectivity index (χ0v) is 12.1. The Morgan fingerprint density at radius 1 is 1.36 bits per heavy atom. The quantitative estimate of drug-likeness (QED) is 0.712. The lowest BCUT2D eigenvalue weighted by molar-refractivity contribution is -0.137. The first-order chi connectivity index (χ1) is 10.5. The van der Waals surface area contributed by atoms with Crippen LogP contribution < -0.4 is 10.6 Å². The number of rotatable bonds is 6. The Bertz CT molecular complexity index is 666. The molecule has 1 aromatic heterocycles. The van der Waals surface area contributed by atoms with E-state index in [0.717, 1.165) is 11.3 Å². The summed E-state index contributed by atoms with van der Waals surface area (Å²) in [6, 6.07) is 6.74. The Labute approximate surface area is 127 Å². The van der Waals surface area contributed by atoms with E-state index in [1.54, 1.807) is 24.5 Å². The third kappa shape index (κ3) is 4.62. The van der Waals surface area contributed by atoms with Gasteiger partial charge in [-0.3, -0.25) is 4.79 Å². The second-order valence-electron chi connectivity index (χ2n) is 4.75. The minimum absolute atomic E-state index is 0.0271. The second-order valence-corrected chi connectivity index (χ2v) is 4.75. The third-order valence-electron chi connectivity index (χ3n) is 2.84. The number of hydrogen-bond acceptors (Lipinski definition) is 4. The first-order valence-corrected chi connectivity index (χ1v) is 6.84. The number of aromatic nitrogens is 1. The molecule has 116 valence electrons. The van der Waals surface area contributed by atoms with Crippen molar-refractivity contribution in [1.82, 2.24) is 10.3 Å². The van der Waals surface area contributed by atoms with E-state index in [0.29, 0.717) is 24.5 Å². The first-order valence-electron chi connectivity index (χ1n) is 6.84. The molecular weight excluding hydrogens is 286 g/mol. The number of benzene rings is 1. The maximum Gasteiger partial charge on any atom is 0.319 e. The Kier molecular flexibility index (Phi) is 5.13. The average molecular weight is 303 g/mol. The van der Waals surface area contributed by atoms with Crippen LogP contribution in [0.2, 0.25) is 0 Å². The minimum Gasteiger partial charge on any atom is -0.481 e. The van der Waals surface area contributed by atoms with Gasteiger partial charge < -0.3 is 20.2 Å². The number of urea groups is 1. The van der Waals surface area contributed by atoms with Gasteiger partial charge in [0.1, 0.15) is 6.26 Å². The molecule has 0 aliphatic rings. The van der Waals surface area contributed by atoms with Gasteiger partial charge in [-0.1, -0.05) is 6.07 Å². The number of carboxylic acids is 1. The largest absolute Gasteiger partial charge is 0.481 e. The highest BCUT2D eigenvalue weighted by Gasteiger charge is 2.07. The number of aliphatic carboxylic acids is 1. The monoisotopic (exact) mass is 303 g/mol. The van der Waals surface area contributed by atoms with Gasteiger partial charge in [-0.25, -0.2) is 9.78 Å². The summed E-state index contributed by atoms with van der Waals surface area (Å²) in [7, 11) is 0. The van der Waals surface area contributed by atoms with E-state index >= 15 is 0 Å². The van der Waals surface area contributed by atoms with E-state index in [9.17, 15) is 9.59 Å². The van der Waals surface area contributed by atoms with Crippen LogP contribution in [0.3, 0.4) is 0 Å². The van der Waals surface area contributed by atoms with Gasteiger partial charge in [0.05, 0.1) is 5.69 Å². The Morgan fingerprint density at radius 2 is 2.18 bits per heavy atom. The van der Waals surface area contributed by atoms with E-state index in [2.05, 4.69) is 15.6 Å². The van der Waals surface area contributed by atoms with Crippen molar-refractivity contribution in [3.63, 3.8) is 0 Å². The minimum atomic E-state index is -0.879. The molecule has 0 saturated heterocycles. The molecular formula is C15H17N3O4. The van der Waals surface area contributed by atoms with E-state index < -0.39 is 5.97 Å². The summed E-state index contributed by atoms with van der Waals surface area (Å²) < 4.78 is 5.32. The van der Waals surface area contributed by atoms with Crippen LogP contribution in [0.25, 0.3) is 11.5 Å². The molecule has 0 aliphatic heterocycles. The summed E-state index contributed by atoms with van der Waals surface area (Å²) in [5.74, 6) is -0.390. The third-order valence-corrected chi connectivity index (χ3v) is 2.84. The predicted molar refractivity (Wildman–Crippen MR) is 80.6 cm³/mol. The van der Waals surface area contributed by atoms with Crippen LogP contribution in [0.5, 0.6) is 0 Å². The van der Waals surface area contributed by atoms with Crippen molar-refractivity contribution < 1.29 is 19.1 Å². The number of anilines is 1. The van der Waals surface area contributed by atoms with Crippen molar-refractivity contribution in [3.8, 4) is 11.5 Å². The van der Waals surface area contributed by atoms with Crippen LogP contribution >= 0.6 is 0 Å². The van der Waals surface area contributed by atoms with Crippen LogP contribution in [0, 0.1) is 6.92 Å². The van der Waals surface area contributed by atoms with Gasteiger partial charge in [0.2, 0.25) is 5.89 Å². The summed E-state index contributed by atoms with van der Waals surface area (Å²) >= 11 is 0. The highest BCUT2D eigenvalue weighted by atomic mass is 16.4. The number of nitrogens with zero attached hydrogens (tertiary/aromatic N) is 1. The molecule has 0 bridgehead atoms. The molecule has 0 atom stereocenters. The lowest BCUT2D eigenvalue weighted by atomic mass is 10.2. The van der Waals surface area contributed by atoms with Crippen LogP contribution in [-0.2, 0) is 4.79 Å². The fourth-order valence-corrected chi connectivity index (χ4v) is 1.83. The Balaban J connectivity index is 1.90. The zero-order chi connectivity index (χ0) is 15.9. The molecule has 0 fully saturated rings. The molecule has 22 heavy (non-hydrogen) atoms. The molecule has 0 unspecified atom stereocenters. The van der Waals surface area contributed by atoms with Crippen molar-refractivity contribution >= 4 is 17.7 Å². The molecule has 2 aromatic rings. The fourth-order valence-electron chi connectivity index (χ4n) is 1.83. The maximum atomic E-state index is 11.7. The highest BCUT2D eigenvalue weighted by molar-refractivity contribution is 5.89. The zero-order valence-electron chi connectivity index (χ0n) is 12.1. The standard InChI is InChI=1S/C15H17N3O4/c1-10-9-22-14(17-10)11-4-2-5-12(8-11)18-15(21)16-7-3-6-13(19)20/h2,4-5,8-9H,3,6-7H2,1H3,(H,19,20)(H2,16,18,21). The molecule has 0 spiro atoms. The van der Waals surface area contributed by atoms with Crippen molar-refractivity contribution in [2.24, 2.45) is 0 Å². The molecule has 2 amide bonds. The topological polar surface area (TPSA) is 104 Å². The fraction of sp³-hybridized carbons (Fsp3) is 0.267. The molecule has 0 aliphatic carbocycles. The van der Waals surface area contributed by atoms with Gasteiger partial charge in [0.15, 0.2) is 0 Å². The normalized spacial score (nSPS) is 10.2. The first kappa shape index (κ1) is 15.6. The lowest BCUT2D eigenvalue weighted by Crippen LogP contribution is -2.29. The molecule has 7 nitrogen and oxygen atoms in total. The van der Waals surface area contributed by atoms with Crippen molar-refractivity contribution in [2.75, 3.05) is 11.9 Å². The number of nitrogens with one attached hydrogen (secondary N) is 2. The smallest absolute Gasteiger partial charge is 0.319 e. The van der Waals surface area contributed by atoms with Gasteiger partial charge in [0.25, 0.3) is 0 Å². The molecule has 2 rings (SSSR count). The number of aryl methyl sites for hydroxylation is 1. The van der Waals surface area contributed by atoms with Crippen LogP contribution in [0.15, 0.2) is 34.9 Å². The molecule has 0 radical (unpaired) electrons. The Morgan fingerprint density at radius 3 is 2.86 bits per heavy atom. The molecule has 0 saturated carbocycles. The van der Waals surface area contributed by atoms with E-state index in [1.165, 1.54) is 0 Å². The molecule has 1 heterocycles. The van der Waals surface area contributed by atoms with E-state index in [1.807, 2.05) is 13.0 Å². The molecule has 7 heteroatoms. The summed E-state index contributed by atoms with van der Waals surface area (Å²) in [5.41, 5.74) is 2.14. The summed E-state index contributed by atoms with van der Waals surface area (Å²) in [4.78, 5) is 26.3.